The van der Waals surface area contributed by atoms with Gasteiger partial charge < -0.3 is 25.4 Å². The number of aliphatic imine (C=N–C) groups is 1. The Morgan fingerprint density at radius 2 is 1.96 bits per heavy atom. The Morgan fingerprint density at radius 3 is 2.54 bits per heavy atom. The minimum absolute atomic E-state index is 0.0127. The van der Waals surface area contributed by atoms with Crippen LogP contribution in [-0.2, 0) is 17.8 Å². The van der Waals surface area contributed by atoms with Gasteiger partial charge in [-0.15, -0.1) is 0 Å². The van der Waals surface area contributed by atoms with Gasteiger partial charge in [0.05, 0.1) is 13.2 Å². The summed E-state index contributed by atoms with van der Waals surface area (Å²) < 4.78 is 5.56. The van der Waals surface area contributed by atoms with Crippen LogP contribution in [0.1, 0.15) is 30.9 Å². The van der Waals surface area contributed by atoms with E-state index < -0.39 is 0 Å². The predicted molar refractivity (Wildman–Crippen MR) is 106 cm³/mol. The Balaban J connectivity index is 1.93. The van der Waals surface area contributed by atoms with Crippen LogP contribution in [0.2, 0.25) is 0 Å². The topological polar surface area (TPSA) is 69.1 Å². The first-order valence-electron chi connectivity index (χ1n) is 9.50. The van der Waals surface area contributed by atoms with E-state index >= 15 is 0 Å². The number of nitrogens with zero attached hydrogens (tertiary/aromatic N) is 2. The standard InChI is InChI=1S/C20H34N4O2/c1-4-21-19(23-15-20(9-11-25)10-12-26-16-20)22-13-17-5-7-18(8-6-17)14-24(2)3/h5-8,25H,4,9-16H2,1-3H3,(H2,21,22,23). The Labute approximate surface area is 157 Å². The molecule has 146 valence electrons. The third-order valence-corrected chi connectivity index (χ3v) is 4.74. The van der Waals surface area contributed by atoms with E-state index in [-0.39, 0.29) is 12.0 Å². The van der Waals surface area contributed by atoms with E-state index in [2.05, 4.69) is 60.8 Å². The molecule has 1 aliphatic rings. The van der Waals surface area contributed by atoms with Gasteiger partial charge in [-0.2, -0.15) is 0 Å². The molecule has 1 atom stereocenters. The van der Waals surface area contributed by atoms with Crippen molar-refractivity contribution in [1.29, 1.82) is 0 Å². The lowest BCUT2D eigenvalue weighted by molar-refractivity contribution is 0.127. The molecule has 0 radical (unpaired) electrons. The van der Waals surface area contributed by atoms with E-state index in [1.54, 1.807) is 0 Å². The van der Waals surface area contributed by atoms with Crippen LogP contribution in [0.5, 0.6) is 0 Å². The van der Waals surface area contributed by atoms with Crippen molar-refractivity contribution in [3.05, 3.63) is 35.4 Å². The predicted octanol–water partition coefficient (Wildman–Crippen LogP) is 1.59. The number of guanidine groups is 1. The van der Waals surface area contributed by atoms with Crippen LogP contribution in [-0.4, -0.2) is 63.0 Å². The first-order valence-corrected chi connectivity index (χ1v) is 9.50. The second-order valence-electron chi connectivity index (χ2n) is 7.38. The number of aliphatic hydroxyl groups is 1. The zero-order chi connectivity index (χ0) is 18.8. The Hall–Kier alpha value is -1.63. The normalized spacial score (nSPS) is 20.6. The molecule has 0 bridgehead atoms. The third kappa shape index (κ3) is 6.59. The van der Waals surface area contributed by atoms with Crippen molar-refractivity contribution in [2.45, 2.75) is 32.9 Å². The molecular formula is C20H34N4O2. The molecule has 6 nitrogen and oxygen atoms in total. The molecule has 1 heterocycles. The third-order valence-electron chi connectivity index (χ3n) is 4.74. The van der Waals surface area contributed by atoms with Crippen LogP contribution in [0.25, 0.3) is 0 Å². The molecule has 1 aliphatic heterocycles. The number of nitrogens with one attached hydrogen (secondary N) is 2. The summed E-state index contributed by atoms with van der Waals surface area (Å²) in [6.45, 7) is 6.90. The fourth-order valence-electron chi connectivity index (χ4n) is 3.21. The van der Waals surface area contributed by atoms with E-state index in [1.165, 1.54) is 11.1 Å². The molecule has 3 N–H and O–H groups in total. The molecule has 2 rings (SSSR count). The van der Waals surface area contributed by atoms with Gasteiger partial charge in [0.15, 0.2) is 5.96 Å². The lowest BCUT2D eigenvalue weighted by Gasteiger charge is -2.27. The second kappa shape index (κ2) is 10.5. The summed E-state index contributed by atoms with van der Waals surface area (Å²) in [7, 11) is 4.15. The average Bonchev–Trinajstić information content (AvgIpc) is 3.07. The second-order valence-corrected chi connectivity index (χ2v) is 7.38. The highest BCUT2D eigenvalue weighted by Gasteiger charge is 2.34. The van der Waals surface area contributed by atoms with E-state index in [9.17, 15) is 5.11 Å². The molecule has 1 fully saturated rings. The van der Waals surface area contributed by atoms with Gasteiger partial charge in [-0.1, -0.05) is 24.3 Å². The Kier molecular flexibility index (Phi) is 8.35. The number of ether oxygens (including phenoxy) is 1. The zero-order valence-corrected chi connectivity index (χ0v) is 16.4. The van der Waals surface area contributed by atoms with Crippen LogP contribution in [0.15, 0.2) is 29.3 Å². The van der Waals surface area contributed by atoms with Crippen molar-refractivity contribution in [2.24, 2.45) is 10.4 Å². The van der Waals surface area contributed by atoms with Crippen LogP contribution in [0.4, 0.5) is 0 Å². The van der Waals surface area contributed by atoms with Crippen molar-refractivity contribution >= 4 is 5.96 Å². The summed E-state index contributed by atoms with van der Waals surface area (Å²) in [6.07, 6.45) is 1.74. The lowest BCUT2D eigenvalue weighted by Crippen LogP contribution is -2.44. The number of aliphatic hydroxyl groups excluding tert-OH is 1. The molecule has 0 aromatic heterocycles. The zero-order valence-electron chi connectivity index (χ0n) is 16.4. The average molecular weight is 363 g/mol. The SMILES string of the molecule is CCNC(=NCc1ccc(CN(C)C)cc1)NCC1(CCO)CCOC1. The van der Waals surface area contributed by atoms with E-state index in [0.717, 1.165) is 45.0 Å². The molecule has 1 saturated heterocycles. The molecule has 0 amide bonds. The summed E-state index contributed by atoms with van der Waals surface area (Å²) in [5.74, 6) is 0.814. The molecule has 1 unspecified atom stereocenters. The highest BCUT2D eigenvalue weighted by atomic mass is 16.5. The molecule has 0 aliphatic carbocycles. The largest absolute Gasteiger partial charge is 0.396 e. The van der Waals surface area contributed by atoms with Gasteiger partial charge in [0.1, 0.15) is 0 Å². The van der Waals surface area contributed by atoms with Gasteiger partial charge in [-0.25, -0.2) is 4.99 Å². The molecular weight excluding hydrogens is 328 g/mol. The fraction of sp³-hybridized carbons (Fsp3) is 0.650. The molecule has 1 aromatic carbocycles. The van der Waals surface area contributed by atoms with Crippen molar-refractivity contribution in [2.75, 3.05) is 47.0 Å². The van der Waals surface area contributed by atoms with Crippen molar-refractivity contribution in [1.82, 2.24) is 15.5 Å². The molecule has 6 heteroatoms. The van der Waals surface area contributed by atoms with Gasteiger partial charge >= 0.3 is 0 Å². The van der Waals surface area contributed by atoms with E-state index in [0.29, 0.717) is 13.2 Å². The molecule has 0 saturated carbocycles. The van der Waals surface area contributed by atoms with Gasteiger partial charge in [0.25, 0.3) is 0 Å². The number of hydrogen-bond donors (Lipinski definition) is 3. The first kappa shape index (κ1) is 20.7. The van der Waals surface area contributed by atoms with Gasteiger partial charge in [0, 0.05) is 38.3 Å². The summed E-state index contributed by atoms with van der Waals surface area (Å²) >= 11 is 0. The minimum Gasteiger partial charge on any atom is -0.396 e. The van der Waals surface area contributed by atoms with Crippen LogP contribution in [0.3, 0.4) is 0 Å². The number of hydrogen-bond acceptors (Lipinski definition) is 4. The monoisotopic (exact) mass is 362 g/mol. The van der Waals surface area contributed by atoms with Crippen LogP contribution in [0, 0.1) is 5.41 Å². The quantitative estimate of drug-likeness (QED) is 0.460. The van der Waals surface area contributed by atoms with Crippen molar-refractivity contribution in [3.8, 4) is 0 Å². The van der Waals surface area contributed by atoms with Crippen LogP contribution < -0.4 is 10.6 Å². The summed E-state index contributed by atoms with van der Waals surface area (Å²) in [5.41, 5.74) is 2.51. The maximum Gasteiger partial charge on any atom is 0.191 e. The Bertz CT molecular complexity index is 551. The molecule has 0 spiro atoms. The summed E-state index contributed by atoms with van der Waals surface area (Å²) in [5, 5.41) is 16.1. The highest BCUT2D eigenvalue weighted by Crippen LogP contribution is 2.31. The van der Waals surface area contributed by atoms with Gasteiger partial charge in [-0.05, 0) is 45.0 Å². The van der Waals surface area contributed by atoms with Gasteiger partial charge in [0.2, 0.25) is 0 Å². The number of rotatable bonds is 9. The van der Waals surface area contributed by atoms with Crippen molar-refractivity contribution in [3.63, 3.8) is 0 Å². The molecule has 26 heavy (non-hydrogen) atoms. The maximum atomic E-state index is 9.36. The van der Waals surface area contributed by atoms with Crippen molar-refractivity contribution < 1.29 is 9.84 Å². The summed E-state index contributed by atoms with van der Waals surface area (Å²) in [6, 6.07) is 8.61. The minimum atomic E-state index is 0.0127. The smallest absolute Gasteiger partial charge is 0.191 e. The maximum absolute atomic E-state index is 9.36. The van der Waals surface area contributed by atoms with E-state index in [4.69, 9.17) is 9.73 Å². The number of benzene rings is 1. The molecule has 1 aromatic rings. The van der Waals surface area contributed by atoms with E-state index in [1.807, 2.05) is 0 Å². The van der Waals surface area contributed by atoms with Crippen LogP contribution >= 0.6 is 0 Å². The fourth-order valence-corrected chi connectivity index (χ4v) is 3.21. The Morgan fingerprint density at radius 1 is 1.23 bits per heavy atom. The highest BCUT2D eigenvalue weighted by molar-refractivity contribution is 5.79. The van der Waals surface area contributed by atoms with Gasteiger partial charge in [-0.3, -0.25) is 0 Å². The first-order chi connectivity index (χ1) is 12.6. The summed E-state index contributed by atoms with van der Waals surface area (Å²) in [4.78, 5) is 6.87. The lowest BCUT2D eigenvalue weighted by atomic mass is 9.84.